The summed E-state index contributed by atoms with van der Waals surface area (Å²) in [6.07, 6.45) is 1.86. The minimum Gasteiger partial charge on any atom is -0.299 e. The topological polar surface area (TPSA) is 92.3 Å². The standard InChI is InChI=1S/C18H17BrN4O3S3/c1-12-3-9-15(10-4-12)29(25,26)23(14-7-5-13(19)6-8-14)11-16(24)20-17-21-22-18(27-2)28-17/h3-10H,11H2,1-2H3,(H,20,21,24). The summed E-state index contributed by atoms with van der Waals surface area (Å²) in [5.74, 6) is -0.507. The van der Waals surface area contributed by atoms with Gasteiger partial charge in [0.15, 0.2) is 4.34 Å². The Morgan fingerprint density at radius 2 is 1.79 bits per heavy atom. The Balaban J connectivity index is 1.91. The second kappa shape index (κ2) is 9.24. The molecule has 0 aliphatic heterocycles. The van der Waals surface area contributed by atoms with Gasteiger partial charge in [-0.2, -0.15) is 0 Å². The Morgan fingerprint density at radius 1 is 1.14 bits per heavy atom. The maximum Gasteiger partial charge on any atom is 0.264 e. The molecule has 1 N–H and O–H groups in total. The Kier molecular flexibility index (Phi) is 6.93. The number of hydrogen-bond donors (Lipinski definition) is 1. The normalized spacial score (nSPS) is 11.3. The van der Waals surface area contributed by atoms with Crippen LogP contribution < -0.4 is 9.62 Å². The van der Waals surface area contributed by atoms with Crippen molar-refractivity contribution >= 4 is 65.8 Å². The summed E-state index contributed by atoms with van der Waals surface area (Å²) in [7, 11) is -3.95. The molecule has 0 radical (unpaired) electrons. The number of halogens is 1. The Hall–Kier alpha value is -1.95. The lowest BCUT2D eigenvalue weighted by atomic mass is 10.2. The summed E-state index contributed by atoms with van der Waals surface area (Å²) in [6, 6.07) is 13.2. The number of aromatic nitrogens is 2. The SMILES string of the molecule is CSc1nnc(NC(=O)CN(c2ccc(Br)cc2)S(=O)(=O)c2ccc(C)cc2)s1. The zero-order valence-corrected chi connectivity index (χ0v) is 19.5. The zero-order valence-electron chi connectivity index (χ0n) is 15.5. The van der Waals surface area contributed by atoms with Crippen LogP contribution in [0.25, 0.3) is 0 Å². The molecule has 11 heteroatoms. The lowest BCUT2D eigenvalue weighted by Crippen LogP contribution is -2.38. The Labute approximate surface area is 185 Å². The number of sulfonamides is 1. The highest BCUT2D eigenvalue weighted by molar-refractivity contribution is 9.10. The lowest BCUT2D eigenvalue weighted by Gasteiger charge is -2.24. The minimum atomic E-state index is -3.95. The van der Waals surface area contributed by atoms with Crippen molar-refractivity contribution in [3.05, 3.63) is 58.6 Å². The van der Waals surface area contributed by atoms with Crippen LogP contribution in [0.4, 0.5) is 10.8 Å². The summed E-state index contributed by atoms with van der Waals surface area (Å²) >= 11 is 5.98. The minimum absolute atomic E-state index is 0.111. The number of carbonyl (C=O) groups excluding carboxylic acids is 1. The monoisotopic (exact) mass is 512 g/mol. The summed E-state index contributed by atoms with van der Waals surface area (Å²) in [5, 5.41) is 10.7. The predicted octanol–water partition coefficient (Wildman–Crippen LogP) is 4.16. The smallest absolute Gasteiger partial charge is 0.264 e. The predicted molar refractivity (Wildman–Crippen MR) is 120 cm³/mol. The number of rotatable bonds is 7. The van der Waals surface area contributed by atoms with Crippen LogP contribution in [-0.4, -0.2) is 37.3 Å². The highest BCUT2D eigenvalue weighted by Crippen LogP contribution is 2.26. The van der Waals surface area contributed by atoms with Gasteiger partial charge in [-0.15, -0.1) is 10.2 Å². The summed E-state index contributed by atoms with van der Waals surface area (Å²) < 4.78 is 29.1. The molecule has 29 heavy (non-hydrogen) atoms. The van der Waals surface area contributed by atoms with Crippen molar-refractivity contribution in [1.29, 1.82) is 0 Å². The van der Waals surface area contributed by atoms with Crippen LogP contribution in [0.1, 0.15) is 5.56 Å². The van der Waals surface area contributed by atoms with E-state index in [1.165, 1.54) is 35.2 Å². The first-order chi connectivity index (χ1) is 13.8. The molecule has 7 nitrogen and oxygen atoms in total. The molecule has 1 heterocycles. The van der Waals surface area contributed by atoms with E-state index in [1.807, 2.05) is 13.2 Å². The van der Waals surface area contributed by atoms with Gasteiger partial charge in [0, 0.05) is 4.47 Å². The van der Waals surface area contributed by atoms with Crippen LogP contribution in [0.5, 0.6) is 0 Å². The average molecular weight is 513 g/mol. The number of thioether (sulfide) groups is 1. The molecule has 0 spiro atoms. The highest BCUT2D eigenvalue weighted by Gasteiger charge is 2.27. The van der Waals surface area contributed by atoms with E-state index in [1.54, 1.807) is 36.4 Å². The fraction of sp³-hybridized carbons (Fsp3) is 0.167. The van der Waals surface area contributed by atoms with Crippen LogP contribution in [-0.2, 0) is 14.8 Å². The van der Waals surface area contributed by atoms with Crippen LogP contribution in [0.3, 0.4) is 0 Å². The average Bonchev–Trinajstić information content (AvgIpc) is 3.14. The van der Waals surface area contributed by atoms with Crippen LogP contribution in [0.15, 0.2) is 62.2 Å². The van der Waals surface area contributed by atoms with Gasteiger partial charge in [-0.3, -0.25) is 14.4 Å². The van der Waals surface area contributed by atoms with Crippen LogP contribution in [0.2, 0.25) is 0 Å². The Bertz CT molecular complexity index is 1100. The fourth-order valence-electron chi connectivity index (χ4n) is 2.39. The zero-order chi connectivity index (χ0) is 21.0. The quantitative estimate of drug-likeness (QED) is 0.377. The first kappa shape index (κ1) is 21.8. The molecule has 0 saturated carbocycles. The molecule has 0 unspecified atom stereocenters. The number of carbonyl (C=O) groups is 1. The number of nitrogens with one attached hydrogen (secondary N) is 1. The maximum absolute atomic E-state index is 13.3. The molecule has 2 aromatic carbocycles. The van der Waals surface area contributed by atoms with Gasteiger partial charge in [-0.25, -0.2) is 8.42 Å². The second-order valence-electron chi connectivity index (χ2n) is 5.93. The molecule has 0 atom stereocenters. The number of amides is 1. The van der Waals surface area contributed by atoms with Crippen molar-refractivity contribution in [2.24, 2.45) is 0 Å². The number of nitrogens with zero attached hydrogens (tertiary/aromatic N) is 3. The second-order valence-corrected chi connectivity index (χ2v) is 10.7. The van der Waals surface area contributed by atoms with E-state index in [9.17, 15) is 13.2 Å². The third-order valence-corrected chi connectivity index (χ3v) is 7.97. The molecule has 152 valence electrons. The van der Waals surface area contributed by atoms with Gasteiger partial charge >= 0.3 is 0 Å². The maximum atomic E-state index is 13.3. The van der Waals surface area contributed by atoms with Gasteiger partial charge in [0.05, 0.1) is 10.6 Å². The van der Waals surface area contributed by atoms with Crippen LogP contribution in [0, 0.1) is 6.92 Å². The molecule has 0 fully saturated rings. The van der Waals surface area contributed by atoms with Gasteiger partial charge in [0.2, 0.25) is 11.0 Å². The van der Waals surface area contributed by atoms with Crippen molar-refractivity contribution in [3.8, 4) is 0 Å². The van der Waals surface area contributed by atoms with Crippen molar-refractivity contribution in [2.45, 2.75) is 16.2 Å². The molecule has 0 aliphatic carbocycles. The van der Waals surface area contributed by atoms with E-state index in [0.717, 1.165) is 14.3 Å². The molecule has 1 aromatic heterocycles. The first-order valence-corrected chi connectivity index (χ1v) is 12.6. The molecular weight excluding hydrogens is 496 g/mol. The summed E-state index contributed by atoms with van der Waals surface area (Å²) in [4.78, 5) is 12.7. The van der Waals surface area contributed by atoms with Crippen LogP contribution >= 0.6 is 39.0 Å². The van der Waals surface area contributed by atoms with Crippen molar-refractivity contribution in [3.63, 3.8) is 0 Å². The van der Waals surface area contributed by atoms with Crippen molar-refractivity contribution in [1.82, 2.24) is 10.2 Å². The molecule has 0 saturated heterocycles. The van der Waals surface area contributed by atoms with Gasteiger partial charge < -0.3 is 0 Å². The largest absolute Gasteiger partial charge is 0.299 e. The van der Waals surface area contributed by atoms with Gasteiger partial charge in [0.25, 0.3) is 10.0 Å². The third kappa shape index (κ3) is 5.35. The molecule has 3 aromatic rings. The van der Waals surface area contributed by atoms with E-state index in [2.05, 4.69) is 31.4 Å². The van der Waals surface area contributed by atoms with E-state index in [0.29, 0.717) is 15.2 Å². The first-order valence-electron chi connectivity index (χ1n) is 8.32. The lowest BCUT2D eigenvalue weighted by molar-refractivity contribution is -0.114. The summed E-state index contributed by atoms with van der Waals surface area (Å²) in [6.45, 7) is 1.48. The van der Waals surface area contributed by atoms with Gasteiger partial charge in [0.1, 0.15) is 6.54 Å². The number of anilines is 2. The van der Waals surface area contributed by atoms with E-state index >= 15 is 0 Å². The van der Waals surface area contributed by atoms with E-state index in [4.69, 9.17) is 0 Å². The van der Waals surface area contributed by atoms with Crippen molar-refractivity contribution < 1.29 is 13.2 Å². The van der Waals surface area contributed by atoms with E-state index < -0.39 is 22.5 Å². The Morgan fingerprint density at radius 3 is 2.38 bits per heavy atom. The van der Waals surface area contributed by atoms with Gasteiger partial charge in [-0.1, -0.05) is 56.7 Å². The highest BCUT2D eigenvalue weighted by atomic mass is 79.9. The van der Waals surface area contributed by atoms with Crippen molar-refractivity contribution in [2.75, 3.05) is 22.4 Å². The number of benzene rings is 2. The third-order valence-electron chi connectivity index (χ3n) is 3.84. The molecule has 0 bridgehead atoms. The molecule has 0 aliphatic rings. The number of hydrogen-bond acceptors (Lipinski definition) is 7. The fourth-order valence-corrected chi connectivity index (χ4v) is 5.26. The van der Waals surface area contributed by atoms with Gasteiger partial charge in [-0.05, 0) is 49.6 Å². The molecular formula is C18H17BrN4O3S3. The number of aryl methyl sites for hydroxylation is 1. The molecule has 1 amide bonds. The summed E-state index contributed by atoms with van der Waals surface area (Å²) in [5.41, 5.74) is 1.32. The molecule has 3 rings (SSSR count). The van der Waals surface area contributed by atoms with E-state index in [-0.39, 0.29) is 4.90 Å².